The number of rotatable bonds is 6. The molecular weight excluding hydrogens is 356 g/mol. The summed E-state index contributed by atoms with van der Waals surface area (Å²) in [6.07, 6.45) is 1.85. The van der Waals surface area contributed by atoms with Gasteiger partial charge in [0, 0.05) is 26.8 Å². The lowest BCUT2D eigenvalue weighted by atomic mass is 10.1. The van der Waals surface area contributed by atoms with Gasteiger partial charge < -0.3 is 15.0 Å². The maximum absolute atomic E-state index is 12.6. The van der Waals surface area contributed by atoms with Crippen LogP contribution in [0.25, 0.3) is 6.08 Å². The fraction of sp³-hybridized carbons (Fsp3) is 0.476. The molecule has 28 heavy (non-hydrogen) atoms. The number of esters is 1. The fourth-order valence-electron chi connectivity index (χ4n) is 2.83. The highest BCUT2D eigenvalue weighted by molar-refractivity contribution is 6.16. The fourth-order valence-corrected chi connectivity index (χ4v) is 2.83. The van der Waals surface area contributed by atoms with E-state index in [-0.39, 0.29) is 18.3 Å². The monoisotopic (exact) mass is 386 g/mol. The summed E-state index contributed by atoms with van der Waals surface area (Å²) >= 11 is 0. The van der Waals surface area contributed by atoms with Gasteiger partial charge in [-0.15, -0.1) is 0 Å². The van der Waals surface area contributed by atoms with Gasteiger partial charge >= 0.3 is 5.97 Å². The lowest BCUT2D eigenvalue weighted by molar-refractivity contribution is -0.155. The third-order valence-electron chi connectivity index (χ3n) is 4.27. The van der Waals surface area contributed by atoms with Crippen molar-refractivity contribution in [2.24, 2.45) is 4.99 Å². The van der Waals surface area contributed by atoms with E-state index in [1.165, 1.54) is 4.90 Å². The number of nitrogens with one attached hydrogen (secondary N) is 1. The van der Waals surface area contributed by atoms with Crippen LogP contribution in [-0.4, -0.2) is 62.4 Å². The van der Waals surface area contributed by atoms with Gasteiger partial charge in [-0.25, -0.2) is 4.99 Å². The molecule has 0 saturated heterocycles. The van der Waals surface area contributed by atoms with Crippen molar-refractivity contribution >= 4 is 29.5 Å². The summed E-state index contributed by atoms with van der Waals surface area (Å²) < 4.78 is 5.39. The molecule has 0 spiro atoms. The Balaban J connectivity index is 2.22. The Labute approximate surface area is 167 Å². The summed E-state index contributed by atoms with van der Waals surface area (Å²) in [5.41, 5.74) is 1.76. The van der Waals surface area contributed by atoms with Gasteiger partial charge in [0.05, 0.1) is 12.5 Å². The molecule has 1 aliphatic rings. The van der Waals surface area contributed by atoms with Crippen molar-refractivity contribution in [3.05, 3.63) is 35.5 Å². The normalized spacial score (nSPS) is 17.0. The molecule has 1 amide bonds. The minimum absolute atomic E-state index is 0.0923. The smallest absolute Gasteiger partial charge is 0.308 e. The number of benzene rings is 1. The van der Waals surface area contributed by atoms with E-state index < -0.39 is 11.6 Å². The number of amidine groups is 1. The summed E-state index contributed by atoms with van der Waals surface area (Å²) in [6.45, 7) is 5.47. The van der Waals surface area contributed by atoms with Gasteiger partial charge in [0.2, 0.25) is 0 Å². The van der Waals surface area contributed by atoms with Crippen LogP contribution in [0.2, 0.25) is 0 Å². The van der Waals surface area contributed by atoms with Crippen LogP contribution in [0.15, 0.2) is 35.0 Å². The van der Waals surface area contributed by atoms with Gasteiger partial charge in [0.15, 0.2) is 0 Å². The number of likely N-dealkylation sites (N-methyl/N-ethyl adjacent to an activating group) is 2. The number of aliphatic imine (C=N–C) groups is 1. The zero-order valence-corrected chi connectivity index (χ0v) is 17.7. The number of hydrogen-bond acceptors (Lipinski definition) is 6. The number of anilines is 1. The molecule has 1 aromatic carbocycles. The number of hydrogen-bond donors (Lipinski definition) is 1. The molecule has 1 aromatic rings. The van der Waals surface area contributed by atoms with Gasteiger partial charge in [-0.1, -0.05) is 12.1 Å². The largest absolute Gasteiger partial charge is 0.460 e. The second-order valence-electron chi connectivity index (χ2n) is 7.98. The van der Waals surface area contributed by atoms with Crippen LogP contribution in [0, 0.1) is 0 Å². The topological polar surface area (TPSA) is 74.2 Å². The number of nitrogens with zero attached hydrogens (tertiary/aromatic N) is 3. The zero-order valence-electron chi connectivity index (χ0n) is 17.7. The third kappa shape index (κ3) is 5.42. The molecule has 0 aliphatic carbocycles. The Hall–Kier alpha value is -2.67. The molecule has 0 bridgehead atoms. The van der Waals surface area contributed by atoms with E-state index in [0.717, 1.165) is 11.3 Å². The molecule has 0 saturated carbocycles. The van der Waals surface area contributed by atoms with Crippen molar-refractivity contribution < 1.29 is 14.3 Å². The predicted molar refractivity (Wildman–Crippen MR) is 112 cm³/mol. The highest BCUT2D eigenvalue weighted by Crippen LogP contribution is 2.21. The molecular formula is C21H30N4O3. The second kappa shape index (κ2) is 8.56. The lowest BCUT2D eigenvalue weighted by Crippen LogP contribution is -2.44. The van der Waals surface area contributed by atoms with E-state index in [0.29, 0.717) is 11.5 Å². The van der Waals surface area contributed by atoms with Gasteiger partial charge in [-0.3, -0.25) is 14.5 Å². The molecule has 1 heterocycles. The first-order valence-electron chi connectivity index (χ1n) is 9.26. The Morgan fingerprint density at radius 2 is 1.89 bits per heavy atom. The average Bonchev–Trinajstić information content (AvgIpc) is 2.87. The van der Waals surface area contributed by atoms with Crippen LogP contribution < -0.4 is 10.2 Å². The molecule has 7 nitrogen and oxygen atoms in total. The maximum Gasteiger partial charge on any atom is 0.308 e. The van der Waals surface area contributed by atoms with Crippen LogP contribution in [0.5, 0.6) is 0 Å². The zero-order chi connectivity index (χ0) is 21.1. The van der Waals surface area contributed by atoms with Gasteiger partial charge in [0.25, 0.3) is 5.91 Å². The van der Waals surface area contributed by atoms with Crippen molar-refractivity contribution in [1.82, 2.24) is 10.2 Å². The first kappa shape index (κ1) is 21.6. The number of amides is 1. The lowest BCUT2D eigenvalue weighted by Gasteiger charge is -2.24. The number of carbonyl (C=O) groups excluding carboxylic acids is 2. The molecule has 1 N–H and O–H groups in total. The van der Waals surface area contributed by atoms with Crippen molar-refractivity contribution in [2.75, 3.05) is 33.1 Å². The highest BCUT2D eigenvalue weighted by Gasteiger charge is 2.33. The highest BCUT2D eigenvalue weighted by atomic mass is 16.6. The van der Waals surface area contributed by atoms with Crippen molar-refractivity contribution in [3.63, 3.8) is 0 Å². The van der Waals surface area contributed by atoms with E-state index in [2.05, 4.69) is 10.3 Å². The quantitative estimate of drug-likeness (QED) is 0.600. The molecule has 1 atom stereocenters. The van der Waals surface area contributed by atoms with Gasteiger partial charge in [-0.05, 0) is 51.6 Å². The van der Waals surface area contributed by atoms with Crippen LogP contribution in [0.3, 0.4) is 0 Å². The summed E-state index contributed by atoms with van der Waals surface area (Å²) in [4.78, 5) is 32.8. The maximum atomic E-state index is 12.6. The Bertz CT molecular complexity index is 789. The Morgan fingerprint density at radius 1 is 1.29 bits per heavy atom. The molecule has 152 valence electrons. The van der Waals surface area contributed by atoms with Crippen LogP contribution in [0.4, 0.5) is 5.69 Å². The minimum Gasteiger partial charge on any atom is -0.460 e. The van der Waals surface area contributed by atoms with Crippen molar-refractivity contribution in [2.45, 2.75) is 38.8 Å². The SMILES string of the molecule is CNC(CC(=O)OC(C)(C)C)C1=N/C(=C\c2ccc(N(C)C)cc2)C(=O)N1C. The number of carbonyl (C=O) groups is 2. The summed E-state index contributed by atoms with van der Waals surface area (Å²) in [6, 6.07) is 7.45. The minimum atomic E-state index is -0.557. The standard InChI is InChI=1S/C21H30N4O3/c1-21(2,3)28-18(26)13-16(22-4)19-23-17(20(27)25(19)7)12-14-8-10-15(11-9-14)24(5)6/h8-12,16,22H,13H2,1-7H3/b17-12-. The predicted octanol–water partition coefficient (Wildman–Crippen LogP) is 2.28. The first-order chi connectivity index (χ1) is 13.0. The van der Waals surface area contributed by atoms with E-state index in [1.807, 2.05) is 64.0 Å². The summed E-state index contributed by atoms with van der Waals surface area (Å²) in [5.74, 6) is -0.0299. The van der Waals surface area contributed by atoms with Crippen LogP contribution >= 0.6 is 0 Å². The van der Waals surface area contributed by atoms with E-state index in [9.17, 15) is 9.59 Å². The van der Waals surface area contributed by atoms with E-state index >= 15 is 0 Å². The number of ether oxygens (including phenoxy) is 1. The molecule has 0 aromatic heterocycles. The molecule has 0 fully saturated rings. The van der Waals surface area contributed by atoms with E-state index in [4.69, 9.17) is 4.74 Å². The summed E-state index contributed by atoms with van der Waals surface area (Å²) in [7, 11) is 7.35. The Morgan fingerprint density at radius 3 is 2.39 bits per heavy atom. The van der Waals surface area contributed by atoms with E-state index in [1.54, 1.807) is 20.2 Å². The molecule has 1 aliphatic heterocycles. The van der Waals surface area contributed by atoms with Crippen LogP contribution in [-0.2, 0) is 14.3 Å². The second-order valence-corrected chi connectivity index (χ2v) is 7.98. The summed E-state index contributed by atoms with van der Waals surface area (Å²) in [5, 5.41) is 3.06. The molecule has 7 heteroatoms. The average molecular weight is 386 g/mol. The Kier molecular flexibility index (Phi) is 6.61. The van der Waals surface area contributed by atoms with Gasteiger partial charge in [-0.2, -0.15) is 0 Å². The first-order valence-corrected chi connectivity index (χ1v) is 9.26. The molecule has 2 rings (SSSR count). The van der Waals surface area contributed by atoms with Crippen LogP contribution in [0.1, 0.15) is 32.8 Å². The van der Waals surface area contributed by atoms with Gasteiger partial charge in [0.1, 0.15) is 17.1 Å². The third-order valence-corrected chi connectivity index (χ3v) is 4.27. The van der Waals surface area contributed by atoms with Crippen molar-refractivity contribution in [3.8, 4) is 0 Å². The molecule has 0 radical (unpaired) electrons. The van der Waals surface area contributed by atoms with Crippen molar-refractivity contribution in [1.29, 1.82) is 0 Å². The molecule has 1 unspecified atom stereocenters.